The molecule has 0 amide bonds. The second-order valence-corrected chi connectivity index (χ2v) is 21.5. The maximum atomic E-state index is 12.2. The molecule has 3 nitrogen and oxygen atoms in total. The Morgan fingerprint density at radius 3 is 1.83 bits per heavy atom. The normalized spacial score (nSPS) is 35.8. The van der Waals surface area contributed by atoms with Gasteiger partial charge in [0.15, 0.2) is 0 Å². The molecular weight excluding hydrogens is 645 g/mol. The van der Waals surface area contributed by atoms with Gasteiger partial charge in [0.25, 0.3) is 0 Å². The number of nitrogens with one attached hydrogen (secondary N) is 1. The van der Waals surface area contributed by atoms with E-state index in [4.69, 9.17) is 5.32 Å². The minimum absolute atomic E-state index is 0.0847. The molecule has 2 aromatic rings. The molecule has 0 aromatic heterocycles. The van der Waals surface area contributed by atoms with Crippen LogP contribution in [0.3, 0.4) is 0 Å². The highest BCUT2D eigenvalue weighted by molar-refractivity contribution is 5.78. The van der Waals surface area contributed by atoms with Gasteiger partial charge >= 0.3 is 0 Å². The first-order chi connectivity index (χ1) is 24.8. The summed E-state index contributed by atoms with van der Waals surface area (Å²) in [5.74, 6) is 2.81. The fraction of sp³-hybridized carbons (Fsp3) is 0.600. The Balaban J connectivity index is 1.16. The van der Waals surface area contributed by atoms with Crippen LogP contribution in [-0.2, 0) is 10.8 Å². The third kappa shape index (κ3) is 6.06. The molecule has 1 saturated heterocycles. The van der Waals surface area contributed by atoms with Crippen LogP contribution in [0.25, 0.3) is 16.5 Å². The zero-order chi connectivity index (χ0) is 38.0. The molecule has 0 spiro atoms. The van der Waals surface area contributed by atoms with Gasteiger partial charge in [0.1, 0.15) is 5.76 Å². The molecule has 3 saturated carbocycles. The van der Waals surface area contributed by atoms with Gasteiger partial charge in [-0.1, -0.05) is 143 Å². The highest BCUT2D eigenvalue weighted by atomic mass is 16.3. The Morgan fingerprint density at radius 1 is 0.698 bits per heavy atom. The van der Waals surface area contributed by atoms with Gasteiger partial charge in [0, 0.05) is 17.0 Å². The van der Waals surface area contributed by atoms with Gasteiger partial charge in [-0.15, -0.1) is 12.1 Å². The number of allylic oxidation sites excluding steroid dienone is 5. The number of benzene rings is 2. The van der Waals surface area contributed by atoms with Crippen molar-refractivity contribution in [3.05, 3.63) is 111 Å². The van der Waals surface area contributed by atoms with Crippen molar-refractivity contribution in [3.8, 4) is 0 Å². The lowest BCUT2D eigenvalue weighted by molar-refractivity contribution is 0.0286. The van der Waals surface area contributed by atoms with Gasteiger partial charge in [0.05, 0.1) is 0 Å². The number of fused-ring (bicyclic) bond motifs is 7. The molecule has 10 unspecified atom stereocenters. The zero-order valence-electron chi connectivity index (χ0n) is 34.9. The minimum Gasteiger partial charge on any atom is -0.653 e. The van der Waals surface area contributed by atoms with E-state index in [0.29, 0.717) is 35.5 Å². The quantitative estimate of drug-likeness (QED) is 0.326. The molecule has 284 valence electrons. The van der Waals surface area contributed by atoms with Crippen molar-refractivity contribution in [2.45, 2.75) is 150 Å². The van der Waals surface area contributed by atoms with Crippen LogP contribution >= 0.6 is 0 Å². The SMILES string of the molecule is CC1CC2C(c3ccc(C(C)(C)C)cc3)=C3CCCC3=CC2C2[N-]C3C(C)CC4C(c5ccc(C(C)(C)C)cc5)=C(O)C(C(C)(C)C)=CC4C3(C)NC12. The van der Waals surface area contributed by atoms with E-state index in [1.165, 1.54) is 47.9 Å². The summed E-state index contributed by atoms with van der Waals surface area (Å²) in [6, 6.07) is 19.6. The molecule has 2 aromatic carbocycles. The van der Waals surface area contributed by atoms with Gasteiger partial charge in [-0.05, 0) is 130 Å². The molecule has 10 atom stereocenters. The van der Waals surface area contributed by atoms with Gasteiger partial charge in [-0.3, -0.25) is 0 Å². The summed E-state index contributed by atoms with van der Waals surface area (Å²) in [4.78, 5) is 0. The molecule has 2 N–H and O–H groups in total. The maximum absolute atomic E-state index is 12.2. The molecule has 1 heterocycles. The van der Waals surface area contributed by atoms with Crippen LogP contribution < -0.4 is 5.32 Å². The molecule has 0 radical (unpaired) electrons. The third-order valence-electron chi connectivity index (χ3n) is 14.7. The Kier molecular flexibility index (Phi) is 8.79. The van der Waals surface area contributed by atoms with Crippen molar-refractivity contribution in [2.24, 2.45) is 40.9 Å². The van der Waals surface area contributed by atoms with E-state index >= 15 is 0 Å². The maximum Gasteiger partial charge on any atom is 0.123 e. The summed E-state index contributed by atoms with van der Waals surface area (Å²) < 4.78 is 0. The zero-order valence-corrected chi connectivity index (χ0v) is 34.9. The molecule has 53 heavy (non-hydrogen) atoms. The highest BCUT2D eigenvalue weighted by Crippen LogP contribution is 2.60. The van der Waals surface area contributed by atoms with E-state index in [1.54, 1.807) is 16.7 Å². The van der Waals surface area contributed by atoms with E-state index < -0.39 is 0 Å². The first-order valence-corrected chi connectivity index (χ1v) is 21.1. The molecule has 1 aliphatic heterocycles. The van der Waals surface area contributed by atoms with Crippen LogP contribution in [0.2, 0.25) is 0 Å². The van der Waals surface area contributed by atoms with Crippen LogP contribution in [0.4, 0.5) is 0 Å². The number of piperazine rings is 1. The second-order valence-electron chi connectivity index (χ2n) is 21.5. The minimum atomic E-state index is -0.208. The van der Waals surface area contributed by atoms with E-state index in [9.17, 15) is 5.11 Å². The van der Waals surface area contributed by atoms with Crippen LogP contribution in [0.1, 0.15) is 137 Å². The molecule has 6 aliphatic rings. The first kappa shape index (κ1) is 37.1. The lowest BCUT2D eigenvalue weighted by Crippen LogP contribution is -2.74. The van der Waals surface area contributed by atoms with Crippen molar-refractivity contribution in [3.63, 3.8) is 0 Å². The average molecular weight is 712 g/mol. The second kappa shape index (κ2) is 12.6. The molecule has 0 bridgehead atoms. The van der Waals surface area contributed by atoms with E-state index in [-0.39, 0.29) is 45.7 Å². The number of rotatable bonds is 2. The topological polar surface area (TPSA) is 46.4 Å². The van der Waals surface area contributed by atoms with E-state index in [1.807, 2.05) is 0 Å². The summed E-state index contributed by atoms with van der Waals surface area (Å²) in [5, 5.41) is 22.8. The number of aliphatic hydroxyl groups is 1. The summed E-state index contributed by atoms with van der Waals surface area (Å²) in [6.45, 7) is 28.0. The fourth-order valence-electron chi connectivity index (χ4n) is 11.9. The van der Waals surface area contributed by atoms with Crippen molar-refractivity contribution in [2.75, 3.05) is 0 Å². The smallest absolute Gasteiger partial charge is 0.123 e. The van der Waals surface area contributed by atoms with Crippen molar-refractivity contribution < 1.29 is 5.11 Å². The third-order valence-corrected chi connectivity index (χ3v) is 14.7. The number of hydrogen-bond donors (Lipinski definition) is 2. The van der Waals surface area contributed by atoms with Crippen LogP contribution in [0.15, 0.2) is 83.2 Å². The molecule has 5 aliphatic carbocycles. The van der Waals surface area contributed by atoms with Crippen LogP contribution in [-0.4, -0.2) is 28.8 Å². The van der Waals surface area contributed by atoms with Crippen LogP contribution in [0, 0.1) is 40.9 Å². The molecule has 8 rings (SSSR count). The van der Waals surface area contributed by atoms with Crippen LogP contribution in [0.5, 0.6) is 0 Å². The van der Waals surface area contributed by atoms with Gasteiger partial charge in [0.2, 0.25) is 0 Å². The summed E-state index contributed by atoms with van der Waals surface area (Å²) >= 11 is 0. The Hall–Kier alpha value is -2.88. The number of aliphatic hydroxyl groups excluding tert-OH is 1. The van der Waals surface area contributed by atoms with Crippen molar-refractivity contribution >= 4 is 11.1 Å². The predicted octanol–water partition coefficient (Wildman–Crippen LogP) is 12.5. The monoisotopic (exact) mass is 712 g/mol. The van der Waals surface area contributed by atoms with Gasteiger partial charge in [-0.2, -0.15) is 0 Å². The first-order valence-electron chi connectivity index (χ1n) is 21.1. The molecular formula is C50H67N2O-. The molecule has 4 fully saturated rings. The Bertz CT molecular complexity index is 1880. The lowest BCUT2D eigenvalue weighted by atomic mass is 9.53. The van der Waals surface area contributed by atoms with E-state index in [2.05, 4.69) is 149 Å². The number of nitrogens with zero attached hydrogens (tertiary/aromatic N) is 1. The molecule has 3 heteroatoms. The fourth-order valence-corrected chi connectivity index (χ4v) is 11.9. The summed E-state index contributed by atoms with van der Waals surface area (Å²) in [6.07, 6.45) is 11.1. The van der Waals surface area contributed by atoms with Crippen molar-refractivity contribution in [1.82, 2.24) is 5.32 Å². The largest absolute Gasteiger partial charge is 0.653 e. The standard InChI is InChI=1S/C50H67N2O/c1-28-24-36-37(26-32-14-13-15-35(32)41(36)30-16-20-33(21-17-30)47(3,4)5)44-43(28)52-50(12)39-27-40(49(9,10)11)45(53)42(38(39)25-29(2)46(50)51-44)31-18-22-34(23-19-31)48(6,7)8/h16-23,26-29,36-39,43-44,46,52-53H,13-15,24-25H2,1-12H3/q-1. The predicted molar refractivity (Wildman–Crippen MR) is 224 cm³/mol. The summed E-state index contributed by atoms with van der Waals surface area (Å²) in [5.41, 5.74) is 12.3. The summed E-state index contributed by atoms with van der Waals surface area (Å²) in [7, 11) is 0. The average Bonchev–Trinajstić information content (AvgIpc) is 3.54. The highest BCUT2D eigenvalue weighted by Gasteiger charge is 2.56. The Morgan fingerprint density at radius 2 is 1.26 bits per heavy atom. The van der Waals surface area contributed by atoms with Crippen molar-refractivity contribution in [1.29, 1.82) is 0 Å². The van der Waals surface area contributed by atoms with E-state index in [0.717, 1.165) is 17.6 Å². The van der Waals surface area contributed by atoms with Gasteiger partial charge < -0.3 is 15.7 Å². The lowest BCUT2D eigenvalue weighted by Gasteiger charge is -2.71. The number of hydrogen-bond acceptors (Lipinski definition) is 2. The van der Waals surface area contributed by atoms with Gasteiger partial charge in [-0.25, -0.2) is 0 Å². The Labute approximate surface area is 321 Å².